The van der Waals surface area contributed by atoms with Crippen LogP contribution in [0.15, 0.2) is 12.1 Å². The molecule has 1 amide bonds. The van der Waals surface area contributed by atoms with Gasteiger partial charge in [-0.1, -0.05) is 20.3 Å². The van der Waals surface area contributed by atoms with Crippen molar-refractivity contribution in [2.45, 2.75) is 46.6 Å². The van der Waals surface area contributed by atoms with E-state index in [2.05, 4.69) is 19.2 Å². The van der Waals surface area contributed by atoms with Crippen LogP contribution < -0.4 is 11.1 Å². The smallest absolute Gasteiger partial charge is 0.254 e. The molecule has 0 saturated carbocycles. The van der Waals surface area contributed by atoms with Crippen LogP contribution in [0.4, 0.5) is 10.1 Å². The van der Waals surface area contributed by atoms with Gasteiger partial charge in [-0.3, -0.25) is 4.79 Å². The van der Waals surface area contributed by atoms with Crippen molar-refractivity contribution in [1.82, 2.24) is 5.32 Å². The molecule has 2 atom stereocenters. The number of hydrogen-bond donors (Lipinski definition) is 2. The largest absolute Gasteiger partial charge is 0.399 e. The van der Waals surface area contributed by atoms with Crippen molar-refractivity contribution in [3.63, 3.8) is 0 Å². The fraction of sp³-hybridized carbons (Fsp3) is 0.533. The molecule has 2 unspecified atom stereocenters. The summed E-state index contributed by atoms with van der Waals surface area (Å²) in [5.41, 5.74) is 6.46. The number of aryl methyl sites for hydroxylation is 1. The van der Waals surface area contributed by atoms with Crippen LogP contribution in [-0.2, 0) is 0 Å². The fourth-order valence-corrected chi connectivity index (χ4v) is 2.09. The van der Waals surface area contributed by atoms with Crippen molar-refractivity contribution in [1.29, 1.82) is 0 Å². The van der Waals surface area contributed by atoms with E-state index in [1.54, 1.807) is 6.92 Å². The molecule has 4 heteroatoms. The Morgan fingerprint density at radius 3 is 2.63 bits per heavy atom. The van der Waals surface area contributed by atoms with Crippen LogP contribution in [0.1, 0.15) is 49.5 Å². The molecule has 0 aliphatic rings. The lowest BCUT2D eigenvalue weighted by Crippen LogP contribution is -2.34. The number of carbonyl (C=O) groups excluding carboxylic acids is 1. The summed E-state index contributed by atoms with van der Waals surface area (Å²) in [7, 11) is 0. The van der Waals surface area contributed by atoms with Crippen LogP contribution in [0, 0.1) is 18.7 Å². The Morgan fingerprint density at radius 2 is 2.05 bits per heavy atom. The number of carbonyl (C=O) groups is 1. The number of anilines is 1. The Bertz CT molecular complexity index is 460. The third kappa shape index (κ3) is 4.23. The van der Waals surface area contributed by atoms with Gasteiger partial charge < -0.3 is 11.1 Å². The molecular formula is C15H23FN2O. The van der Waals surface area contributed by atoms with Crippen molar-refractivity contribution in [2.75, 3.05) is 5.73 Å². The van der Waals surface area contributed by atoms with Crippen LogP contribution in [0.25, 0.3) is 0 Å². The third-order valence-corrected chi connectivity index (χ3v) is 3.35. The molecule has 0 heterocycles. The number of rotatable bonds is 5. The summed E-state index contributed by atoms with van der Waals surface area (Å²) in [6.45, 7) is 7.78. The Labute approximate surface area is 114 Å². The minimum absolute atomic E-state index is 0.0172. The van der Waals surface area contributed by atoms with Crippen molar-refractivity contribution in [2.24, 2.45) is 5.92 Å². The molecule has 1 rings (SSSR count). The predicted octanol–water partition coefficient (Wildman–Crippen LogP) is 3.27. The molecular weight excluding hydrogens is 243 g/mol. The third-order valence-electron chi connectivity index (χ3n) is 3.35. The minimum Gasteiger partial charge on any atom is -0.399 e. The van der Waals surface area contributed by atoms with Crippen LogP contribution >= 0.6 is 0 Å². The SMILES string of the molecule is CCC(C)CC(C)NC(=O)c1cc(N)cc(C)c1F. The first-order valence-electron chi connectivity index (χ1n) is 6.71. The topological polar surface area (TPSA) is 55.1 Å². The average molecular weight is 266 g/mol. The number of nitrogen functional groups attached to an aromatic ring is 1. The lowest BCUT2D eigenvalue weighted by molar-refractivity contribution is 0.0931. The second-order valence-electron chi connectivity index (χ2n) is 5.32. The summed E-state index contributed by atoms with van der Waals surface area (Å²) < 4.78 is 13.9. The van der Waals surface area contributed by atoms with E-state index in [-0.39, 0.29) is 11.6 Å². The quantitative estimate of drug-likeness (QED) is 0.804. The summed E-state index contributed by atoms with van der Waals surface area (Å²) in [5.74, 6) is -0.367. The summed E-state index contributed by atoms with van der Waals surface area (Å²) in [6, 6.07) is 2.92. The van der Waals surface area contributed by atoms with E-state index in [1.807, 2.05) is 6.92 Å². The monoisotopic (exact) mass is 266 g/mol. The number of nitrogens with two attached hydrogens (primary N) is 1. The van der Waals surface area contributed by atoms with Gasteiger partial charge in [0.2, 0.25) is 0 Å². The normalized spacial score (nSPS) is 13.9. The summed E-state index contributed by atoms with van der Waals surface area (Å²) in [5, 5.41) is 2.82. The highest BCUT2D eigenvalue weighted by Gasteiger charge is 2.17. The van der Waals surface area contributed by atoms with Gasteiger partial charge in [-0.15, -0.1) is 0 Å². The molecule has 106 valence electrons. The first kappa shape index (κ1) is 15.5. The van der Waals surface area contributed by atoms with Gasteiger partial charge in [0, 0.05) is 11.7 Å². The van der Waals surface area contributed by atoms with E-state index in [4.69, 9.17) is 5.73 Å². The lowest BCUT2D eigenvalue weighted by atomic mass is 10.00. The summed E-state index contributed by atoms with van der Waals surface area (Å²) in [4.78, 5) is 12.0. The Balaban J connectivity index is 2.79. The first-order valence-corrected chi connectivity index (χ1v) is 6.71. The molecule has 3 nitrogen and oxygen atoms in total. The molecule has 0 saturated heterocycles. The zero-order valence-electron chi connectivity index (χ0n) is 12.1. The fourth-order valence-electron chi connectivity index (χ4n) is 2.09. The molecule has 19 heavy (non-hydrogen) atoms. The molecule has 0 radical (unpaired) electrons. The minimum atomic E-state index is -0.498. The van der Waals surface area contributed by atoms with Crippen LogP contribution in [-0.4, -0.2) is 11.9 Å². The van der Waals surface area contributed by atoms with Gasteiger partial charge in [0.25, 0.3) is 5.91 Å². The molecule has 0 fully saturated rings. The van der Waals surface area contributed by atoms with Crippen molar-refractivity contribution >= 4 is 11.6 Å². The molecule has 1 aromatic carbocycles. The molecule has 0 aromatic heterocycles. The number of amides is 1. The maximum Gasteiger partial charge on any atom is 0.254 e. The Kier molecular flexibility index (Phi) is 5.33. The molecule has 0 aliphatic heterocycles. The lowest BCUT2D eigenvalue weighted by Gasteiger charge is -2.18. The number of nitrogens with one attached hydrogen (secondary N) is 1. The first-order chi connectivity index (χ1) is 8.85. The van der Waals surface area contributed by atoms with E-state index in [0.29, 0.717) is 17.2 Å². The van der Waals surface area contributed by atoms with Crippen LogP contribution in [0.3, 0.4) is 0 Å². The van der Waals surface area contributed by atoms with Gasteiger partial charge in [0.15, 0.2) is 0 Å². The van der Waals surface area contributed by atoms with Gasteiger partial charge in [-0.2, -0.15) is 0 Å². The second-order valence-corrected chi connectivity index (χ2v) is 5.32. The van der Waals surface area contributed by atoms with E-state index < -0.39 is 11.7 Å². The predicted molar refractivity (Wildman–Crippen MR) is 76.5 cm³/mol. The highest BCUT2D eigenvalue weighted by atomic mass is 19.1. The van der Waals surface area contributed by atoms with Gasteiger partial charge in [-0.05, 0) is 43.9 Å². The van der Waals surface area contributed by atoms with Crippen molar-refractivity contribution < 1.29 is 9.18 Å². The van der Waals surface area contributed by atoms with Gasteiger partial charge in [0.1, 0.15) is 5.82 Å². The van der Waals surface area contributed by atoms with Gasteiger partial charge in [-0.25, -0.2) is 4.39 Å². The Hall–Kier alpha value is -1.58. The molecule has 0 aliphatic carbocycles. The second kappa shape index (κ2) is 6.55. The van der Waals surface area contributed by atoms with Crippen LogP contribution in [0.5, 0.6) is 0 Å². The van der Waals surface area contributed by atoms with E-state index >= 15 is 0 Å². The average Bonchev–Trinajstić information content (AvgIpc) is 2.33. The highest BCUT2D eigenvalue weighted by molar-refractivity contribution is 5.95. The highest BCUT2D eigenvalue weighted by Crippen LogP contribution is 2.17. The van der Waals surface area contributed by atoms with Crippen molar-refractivity contribution in [3.8, 4) is 0 Å². The Morgan fingerprint density at radius 1 is 1.42 bits per heavy atom. The maximum absolute atomic E-state index is 13.9. The summed E-state index contributed by atoms with van der Waals surface area (Å²) >= 11 is 0. The van der Waals surface area contributed by atoms with E-state index in [1.165, 1.54) is 12.1 Å². The maximum atomic E-state index is 13.9. The summed E-state index contributed by atoms with van der Waals surface area (Å²) in [6.07, 6.45) is 1.94. The van der Waals surface area contributed by atoms with Gasteiger partial charge in [0.05, 0.1) is 5.56 Å². The van der Waals surface area contributed by atoms with E-state index in [0.717, 1.165) is 12.8 Å². The zero-order chi connectivity index (χ0) is 14.6. The van der Waals surface area contributed by atoms with Crippen LogP contribution in [0.2, 0.25) is 0 Å². The number of halogens is 1. The molecule has 0 bridgehead atoms. The molecule has 1 aromatic rings. The molecule has 0 spiro atoms. The van der Waals surface area contributed by atoms with E-state index in [9.17, 15) is 9.18 Å². The van der Waals surface area contributed by atoms with Crippen molar-refractivity contribution in [3.05, 3.63) is 29.1 Å². The number of hydrogen-bond acceptors (Lipinski definition) is 2. The zero-order valence-corrected chi connectivity index (χ0v) is 12.1. The molecule has 3 N–H and O–H groups in total. The van der Waals surface area contributed by atoms with Gasteiger partial charge >= 0.3 is 0 Å². The standard InChI is InChI=1S/C15H23FN2O/c1-5-9(2)6-11(4)18-15(19)13-8-12(17)7-10(3)14(13)16/h7-9,11H,5-6,17H2,1-4H3,(H,18,19). The number of benzene rings is 1.